The molecule has 86 valence electrons. The van der Waals surface area contributed by atoms with Crippen molar-refractivity contribution in [2.75, 3.05) is 11.9 Å². The Kier molecular flexibility index (Phi) is 4.58. The van der Waals surface area contributed by atoms with Gasteiger partial charge in [-0.1, -0.05) is 12.2 Å². The molecule has 1 rings (SSSR count). The normalized spacial score (nSPS) is 10.6. The fraction of sp³-hybridized carbons (Fsp3) is 0.308. The van der Waals surface area contributed by atoms with Crippen LogP contribution < -0.4 is 5.32 Å². The molecule has 0 saturated carbocycles. The van der Waals surface area contributed by atoms with Crippen molar-refractivity contribution in [1.82, 2.24) is 0 Å². The van der Waals surface area contributed by atoms with Gasteiger partial charge >= 0.3 is 5.97 Å². The van der Waals surface area contributed by atoms with Crippen LogP contribution in [0.25, 0.3) is 0 Å². The number of nitrogens with one attached hydrogen (secondary N) is 1. The van der Waals surface area contributed by atoms with Gasteiger partial charge in [0.1, 0.15) is 0 Å². The summed E-state index contributed by atoms with van der Waals surface area (Å²) >= 11 is 0. The van der Waals surface area contributed by atoms with E-state index in [-0.39, 0.29) is 0 Å². The smallest absolute Gasteiger partial charge is 0.335 e. The third-order valence-electron chi connectivity index (χ3n) is 2.33. The predicted molar refractivity (Wildman–Crippen MR) is 66.1 cm³/mol. The van der Waals surface area contributed by atoms with Gasteiger partial charge in [0.25, 0.3) is 0 Å². The van der Waals surface area contributed by atoms with E-state index in [1.165, 1.54) is 0 Å². The molecule has 0 aromatic heterocycles. The predicted octanol–water partition coefficient (Wildman–Crippen LogP) is 3.07. The largest absolute Gasteiger partial charge is 0.478 e. The summed E-state index contributed by atoms with van der Waals surface area (Å²) < 4.78 is 0. The average molecular weight is 219 g/mol. The second-order valence-electron chi connectivity index (χ2n) is 3.62. The molecule has 0 aliphatic carbocycles. The Morgan fingerprint density at radius 2 is 2.25 bits per heavy atom. The minimum absolute atomic E-state index is 0.360. The van der Waals surface area contributed by atoms with Gasteiger partial charge in [-0.2, -0.15) is 0 Å². The Balaban J connectivity index is 2.63. The van der Waals surface area contributed by atoms with Gasteiger partial charge in [0.05, 0.1) is 5.56 Å². The van der Waals surface area contributed by atoms with Crippen molar-refractivity contribution in [2.24, 2.45) is 0 Å². The number of carbonyl (C=O) groups is 1. The number of carboxylic acids is 1. The zero-order valence-electron chi connectivity index (χ0n) is 9.66. The fourth-order valence-corrected chi connectivity index (χ4v) is 1.48. The molecule has 0 heterocycles. The second-order valence-corrected chi connectivity index (χ2v) is 3.62. The van der Waals surface area contributed by atoms with Gasteiger partial charge in [0.15, 0.2) is 0 Å². The highest BCUT2D eigenvalue weighted by Gasteiger charge is 2.06. The Hall–Kier alpha value is -1.77. The van der Waals surface area contributed by atoms with Crippen LogP contribution in [0.3, 0.4) is 0 Å². The summed E-state index contributed by atoms with van der Waals surface area (Å²) in [6.07, 6.45) is 5.07. The highest BCUT2D eigenvalue weighted by Crippen LogP contribution is 2.15. The number of hydrogen-bond donors (Lipinski definition) is 2. The minimum atomic E-state index is -0.877. The molecule has 0 fully saturated rings. The Bertz CT molecular complexity index is 397. The van der Waals surface area contributed by atoms with Crippen LogP contribution in [-0.2, 0) is 0 Å². The molecule has 0 saturated heterocycles. The number of aromatic carboxylic acids is 1. The first kappa shape index (κ1) is 12.3. The maximum Gasteiger partial charge on any atom is 0.335 e. The van der Waals surface area contributed by atoms with Crippen molar-refractivity contribution >= 4 is 11.7 Å². The summed E-state index contributed by atoms with van der Waals surface area (Å²) in [5.41, 5.74) is 2.11. The van der Waals surface area contributed by atoms with Crippen LogP contribution in [-0.4, -0.2) is 17.6 Å². The molecule has 0 bridgehead atoms. The van der Waals surface area contributed by atoms with Crippen molar-refractivity contribution in [2.45, 2.75) is 20.3 Å². The molecule has 0 amide bonds. The number of aryl methyl sites for hydroxylation is 1. The molecule has 2 N–H and O–H groups in total. The molecule has 3 heteroatoms. The van der Waals surface area contributed by atoms with Crippen molar-refractivity contribution in [3.63, 3.8) is 0 Å². The number of benzene rings is 1. The van der Waals surface area contributed by atoms with E-state index in [1.807, 2.05) is 19.1 Å². The number of carboxylic acid groups (broad SMARTS) is 1. The highest BCUT2D eigenvalue weighted by molar-refractivity contribution is 5.89. The minimum Gasteiger partial charge on any atom is -0.478 e. The third kappa shape index (κ3) is 3.42. The van der Waals surface area contributed by atoms with Crippen LogP contribution in [0.1, 0.15) is 29.3 Å². The molecular formula is C13H17NO2. The van der Waals surface area contributed by atoms with Crippen molar-refractivity contribution in [3.8, 4) is 0 Å². The molecule has 1 aromatic rings. The molecule has 0 spiro atoms. The van der Waals surface area contributed by atoms with E-state index in [0.29, 0.717) is 5.56 Å². The fourth-order valence-electron chi connectivity index (χ4n) is 1.48. The molecule has 1 aromatic carbocycles. The lowest BCUT2D eigenvalue weighted by Crippen LogP contribution is -2.03. The Morgan fingerprint density at radius 1 is 1.50 bits per heavy atom. The van der Waals surface area contributed by atoms with Gasteiger partial charge in [0, 0.05) is 12.2 Å². The zero-order valence-corrected chi connectivity index (χ0v) is 9.66. The van der Waals surface area contributed by atoms with E-state index in [1.54, 1.807) is 19.1 Å². The molecule has 0 aliphatic heterocycles. The van der Waals surface area contributed by atoms with E-state index in [9.17, 15) is 4.79 Å². The number of hydrogen-bond acceptors (Lipinski definition) is 2. The summed E-state index contributed by atoms with van der Waals surface area (Å²) in [6, 6.07) is 5.29. The van der Waals surface area contributed by atoms with Crippen molar-refractivity contribution in [1.29, 1.82) is 0 Å². The summed E-state index contributed by atoms with van der Waals surface area (Å²) in [5.74, 6) is -0.877. The van der Waals surface area contributed by atoms with Gasteiger partial charge in [0.2, 0.25) is 0 Å². The van der Waals surface area contributed by atoms with E-state index in [0.717, 1.165) is 24.2 Å². The van der Waals surface area contributed by atoms with Crippen LogP contribution in [0.15, 0.2) is 30.4 Å². The quantitative estimate of drug-likeness (QED) is 0.591. The van der Waals surface area contributed by atoms with Crippen LogP contribution in [0.2, 0.25) is 0 Å². The molecule has 3 nitrogen and oxygen atoms in total. The monoisotopic (exact) mass is 219 g/mol. The number of anilines is 1. The standard InChI is InChI=1S/C13H17NO2/c1-3-4-5-8-14-11-6-7-12(13(15)16)10(2)9-11/h3-4,6-7,9,14H,5,8H2,1-2H3,(H,15,16)/b4-3+. The van der Waals surface area contributed by atoms with Crippen molar-refractivity contribution in [3.05, 3.63) is 41.5 Å². The van der Waals surface area contributed by atoms with Crippen LogP contribution >= 0.6 is 0 Å². The molecule has 16 heavy (non-hydrogen) atoms. The summed E-state index contributed by atoms with van der Waals surface area (Å²) in [4.78, 5) is 10.8. The second kappa shape index (κ2) is 5.95. The maximum absolute atomic E-state index is 10.8. The van der Waals surface area contributed by atoms with Gasteiger partial charge in [-0.3, -0.25) is 0 Å². The summed E-state index contributed by atoms with van der Waals surface area (Å²) in [7, 11) is 0. The number of rotatable bonds is 5. The Morgan fingerprint density at radius 3 is 2.81 bits per heavy atom. The topological polar surface area (TPSA) is 49.3 Å². The highest BCUT2D eigenvalue weighted by atomic mass is 16.4. The van der Waals surface area contributed by atoms with Crippen LogP contribution in [0, 0.1) is 6.92 Å². The summed E-state index contributed by atoms with van der Waals surface area (Å²) in [6.45, 7) is 4.66. The average Bonchev–Trinajstić information content (AvgIpc) is 2.24. The molecule has 0 radical (unpaired) electrons. The first-order chi connectivity index (χ1) is 7.65. The van der Waals surface area contributed by atoms with Gasteiger partial charge in [-0.15, -0.1) is 0 Å². The van der Waals surface area contributed by atoms with E-state index >= 15 is 0 Å². The van der Waals surface area contributed by atoms with Gasteiger partial charge < -0.3 is 10.4 Å². The van der Waals surface area contributed by atoms with E-state index in [4.69, 9.17) is 5.11 Å². The summed E-state index contributed by atoms with van der Waals surface area (Å²) in [5, 5.41) is 12.1. The lowest BCUT2D eigenvalue weighted by molar-refractivity contribution is 0.0696. The Labute approximate surface area is 95.8 Å². The van der Waals surface area contributed by atoms with Crippen LogP contribution in [0.5, 0.6) is 0 Å². The number of allylic oxidation sites excluding steroid dienone is 1. The zero-order chi connectivity index (χ0) is 12.0. The van der Waals surface area contributed by atoms with Gasteiger partial charge in [-0.25, -0.2) is 4.79 Å². The first-order valence-corrected chi connectivity index (χ1v) is 5.34. The van der Waals surface area contributed by atoms with E-state index < -0.39 is 5.97 Å². The van der Waals surface area contributed by atoms with Gasteiger partial charge in [-0.05, 0) is 44.0 Å². The molecule has 0 aliphatic rings. The SMILES string of the molecule is C/C=C/CCNc1ccc(C(=O)O)c(C)c1. The van der Waals surface area contributed by atoms with Crippen LogP contribution in [0.4, 0.5) is 5.69 Å². The lowest BCUT2D eigenvalue weighted by Gasteiger charge is -2.07. The lowest BCUT2D eigenvalue weighted by atomic mass is 10.1. The molecule has 0 unspecified atom stereocenters. The molecular weight excluding hydrogens is 202 g/mol. The maximum atomic E-state index is 10.8. The first-order valence-electron chi connectivity index (χ1n) is 5.34. The molecule has 0 atom stereocenters. The van der Waals surface area contributed by atoms with Crippen molar-refractivity contribution < 1.29 is 9.90 Å². The third-order valence-corrected chi connectivity index (χ3v) is 2.33. The van der Waals surface area contributed by atoms with E-state index in [2.05, 4.69) is 11.4 Å².